The predicted molar refractivity (Wildman–Crippen MR) is 75.5 cm³/mol. The summed E-state index contributed by atoms with van der Waals surface area (Å²) in [5.74, 6) is 0.951. The van der Waals surface area contributed by atoms with E-state index in [9.17, 15) is 0 Å². The molecule has 94 valence electrons. The zero-order valence-corrected chi connectivity index (χ0v) is 12.0. The van der Waals surface area contributed by atoms with Crippen LogP contribution in [0.25, 0.3) is 0 Å². The van der Waals surface area contributed by atoms with Crippen LogP contribution in [0.15, 0.2) is 16.7 Å². The largest absolute Gasteiger partial charge is 0.368 e. The molecule has 1 aliphatic heterocycles. The van der Waals surface area contributed by atoms with Gasteiger partial charge in [0.05, 0.1) is 4.47 Å². The van der Waals surface area contributed by atoms with Crippen molar-refractivity contribution >= 4 is 21.7 Å². The van der Waals surface area contributed by atoms with Crippen molar-refractivity contribution in [2.45, 2.75) is 26.2 Å². The molecule has 1 saturated heterocycles. The van der Waals surface area contributed by atoms with Gasteiger partial charge in [0.25, 0.3) is 0 Å². The maximum absolute atomic E-state index is 4.38. The summed E-state index contributed by atoms with van der Waals surface area (Å²) < 4.78 is 1.05. The summed E-state index contributed by atoms with van der Waals surface area (Å²) in [6, 6.07) is 2.09. The molecule has 1 aromatic heterocycles. The quantitative estimate of drug-likeness (QED) is 0.926. The Bertz CT molecular complexity index is 362. The zero-order valence-electron chi connectivity index (χ0n) is 10.4. The molecule has 0 spiro atoms. The first-order valence-electron chi connectivity index (χ1n) is 6.34. The summed E-state index contributed by atoms with van der Waals surface area (Å²) in [6.45, 7) is 6.64. The second kappa shape index (κ2) is 6.36. The minimum Gasteiger partial charge on any atom is -0.368 e. The highest BCUT2D eigenvalue weighted by atomic mass is 79.9. The van der Waals surface area contributed by atoms with E-state index in [1.165, 1.54) is 37.9 Å². The summed E-state index contributed by atoms with van der Waals surface area (Å²) in [5.41, 5.74) is 1.18. The van der Waals surface area contributed by atoms with Gasteiger partial charge in [0, 0.05) is 19.3 Å². The standard InChI is InChI=1S/C13H20BrN3/c1-11-9-12(14)13(16-10-11)15-5-8-17-6-3-2-4-7-17/h9-10H,2-8H2,1H3,(H,15,16). The van der Waals surface area contributed by atoms with Crippen molar-refractivity contribution in [3.8, 4) is 0 Å². The first-order chi connectivity index (χ1) is 8.25. The van der Waals surface area contributed by atoms with E-state index in [0.717, 1.165) is 23.4 Å². The van der Waals surface area contributed by atoms with Gasteiger partial charge in [-0.3, -0.25) is 0 Å². The van der Waals surface area contributed by atoms with Crippen molar-refractivity contribution in [3.05, 3.63) is 22.3 Å². The number of pyridine rings is 1. The molecule has 0 aliphatic carbocycles. The Morgan fingerprint density at radius 2 is 2.12 bits per heavy atom. The molecule has 0 amide bonds. The van der Waals surface area contributed by atoms with Crippen molar-refractivity contribution in [2.24, 2.45) is 0 Å². The number of aryl methyl sites for hydroxylation is 1. The first kappa shape index (κ1) is 12.8. The minimum atomic E-state index is 0.951. The van der Waals surface area contributed by atoms with Crippen LogP contribution in [0.3, 0.4) is 0 Å². The molecule has 1 aliphatic rings. The van der Waals surface area contributed by atoms with E-state index in [-0.39, 0.29) is 0 Å². The molecule has 2 heterocycles. The lowest BCUT2D eigenvalue weighted by molar-refractivity contribution is 0.237. The van der Waals surface area contributed by atoms with Crippen LogP contribution in [0.5, 0.6) is 0 Å². The molecule has 3 nitrogen and oxygen atoms in total. The molecule has 1 aromatic rings. The normalized spacial score (nSPS) is 17.1. The Morgan fingerprint density at radius 3 is 2.82 bits per heavy atom. The van der Waals surface area contributed by atoms with Gasteiger partial charge in [0.1, 0.15) is 5.82 Å². The smallest absolute Gasteiger partial charge is 0.140 e. The molecule has 1 fully saturated rings. The highest BCUT2D eigenvalue weighted by molar-refractivity contribution is 9.10. The van der Waals surface area contributed by atoms with Gasteiger partial charge < -0.3 is 10.2 Å². The van der Waals surface area contributed by atoms with Crippen LogP contribution in [0.2, 0.25) is 0 Å². The maximum atomic E-state index is 4.38. The summed E-state index contributed by atoms with van der Waals surface area (Å²) in [4.78, 5) is 6.91. The lowest BCUT2D eigenvalue weighted by Gasteiger charge is -2.26. The Labute approximate surface area is 112 Å². The van der Waals surface area contributed by atoms with Crippen molar-refractivity contribution < 1.29 is 0 Å². The number of nitrogens with one attached hydrogen (secondary N) is 1. The van der Waals surface area contributed by atoms with Crippen LogP contribution >= 0.6 is 15.9 Å². The second-order valence-electron chi connectivity index (χ2n) is 4.67. The second-order valence-corrected chi connectivity index (χ2v) is 5.53. The SMILES string of the molecule is Cc1cnc(NCCN2CCCCC2)c(Br)c1. The molecule has 0 bridgehead atoms. The zero-order chi connectivity index (χ0) is 12.1. The summed E-state index contributed by atoms with van der Waals surface area (Å²) in [5, 5.41) is 3.39. The van der Waals surface area contributed by atoms with Gasteiger partial charge in [-0.15, -0.1) is 0 Å². The van der Waals surface area contributed by atoms with E-state index in [1.807, 2.05) is 6.20 Å². The summed E-state index contributed by atoms with van der Waals surface area (Å²) >= 11 is 3.53. The number of hydrogen-bond acceptors (Lipinski definition) is 3. The Balaban J connectivity index is 1.77. The predicted octanol–water partition coefficient (Wildman–Crippen LogP) is 3.05. The van der Waals surface area contributed by atoms with E-state index >= 15 is 0 Å². The third kappa shape index (κ3) is 3.96. The van der Waals surface area contributed by atoms with Gasteiger partial charge in [-0.1, -0.05) is 6.42 Å². The van der Waals surface area contributed by atoms with Crippen molar-refractivity contribution in [2.75, 3.05) is 31.5 Å². The monoisotopic (exact) mass is 297 g/mol. The van der Waals surface area contributed by atoms with Gasteiger partial charge in [0.15, 0.2) is 0 Å². The topological polar surface area (TPSA) is 28.2 Å². The lowest BCUT2D eigenvalue weighted by Crippen LogP contribution is -2.33. The van der Waals surface area contributed by atoms with E-state index in [0.29, 0.717) is 0 Å². The molecule has 4 heteroatoms. The van der Waals surface area contributed by atoms with Crippen molar-refractivity contribution in [3.63, 3.8) is 0 Å². The van der Waals surface area contributed by atoms with Gasteiger partial charge in [-0.05, 0) is 60.4 Å². The Hall–Kier alpha value is -0.610. The fourth-order valence-corrected chi connectivity index (χ4v) is 2.78. The third-order valence-corrected chi connectivity index (χ3v) is 3.75. The molecule has 0 saturated carbocycles. The van der Waals surface area contributed by atoms with Gasteiger partial charge in [-0.2, -0.15) is 0 Å². The highest BCUT2D eigenvalue weighted by Crippen LogP contribution is 2.20. The average Bonchev–Trinajstić information content (AvgIpc) is 2.33. The average molecular weight is 298 g/mol. The molecule has 0 atom stereocenters. The van der Waals surface area contributed by atoms with Crippen LogP contribution in [-0.4, -0.2) is 36.1 Å². The number of hydrogen-bond donors (Lipinski definition) is 1. The van der Waals surface area contributed by atoms with Crippen LogP contribution in [0, 0.1) is 6.92 Å². The fourth-order valence-electron chi connectivity index (χ4n) is 2.18. The highest BCUT2D eigenvalue weighted by Gasteiger charge is 2.09. The van der Waals surface area contributed by atoms with E-state index < -0.39 is 0 Å². The molecular formula is C13H20BrN3. The molecule has 0 radical (unpaired) electrons. The van der Waals surface area contributed by atoms with E-state index in [2.05, 4.69) is 44.1 Å². The molecule has 1 N–H and O–H groups in total. The maximum Gasteiger partial charge on any atom is 0.140 e. The summed E-state index contributed by atoms with van der Waals surface area (Å²) in [7, 11) is 0. The molecule has 17 heavy (non-hydrogen) atoms. The first-order valence-corrected chi connectivity index (χ1v) is 7.13. The number of nitrogens with zero attached hydrogens (tertiary/aromatic N) is 2. The third-order valence-electron chi connectivity index (χ3n) is 3.15. The van der Waals surface area contributed by atoms with Crippen LogP contribution in [-0.2, 0) is 0 Å². The van der Waals surface area contributed by atoms with Gasteiger partial charge >= 0.3 is 0 Å². The molecule has 2 rings (SSSR count). The Morgan fingerprint density at radius 1 is 1.35 bits per heavy atom. The van der Waals surface area contributed by atoms with Gasteiger partial charge in [-0.25, -0.2) is 4.98 Å². The van der Waals surface area contributed by atoms with Crippen LogP contribution in [0.1, 0.15) is 24.8 Å². The number of likely N-dealkylation sites (tertiary alicyclic amines) is 1. The minimum absolute atomic E-state index is 0.951. The van der Waals surface area contributed by atoms with Crippen LogP contribution < -0.4 is 5.32 Å². The Kier molecular flexibility index (Phi) is 4.80. The fraction of sp³-hybridized carbons (Fsp3) is 0.615. The molecule has 0 aromatic carbocycles. The number of aromatic nitrogens is 1. The lowest BCUT2D eigenvalue weighted by atomic mass is 10.1. The van der Waals surface area contributed by atoms with Gasteiger partial charge in [0.2, 0.25) is 0 Å². The number of piperidine rings is 1. The number of rotatable bonds is 4. The van der Waals surface area contributed by atoms with Crippen molar-refractivity contribution in [1.29, 1.82) is 0 Å². The summed E-state index contributed by atoms with van der Waals surface area (Å²) in [6.07, 6.45) is 6.00. The number of anilines is 1. The van der Waals surface area contributed by atoms with E-state index in [1.54, 1.807) is 0 Å². The molecular weight excluding hydrogens is 278 g/mol. The van der Waals surface area contributed by atoms with Crippen LogP contribution in [0.4, 0.5) is 5.82 Å². The van der Waals surface area contributed by atoms with Crippen molar-refractivity contribution in [1.82, 2.24) is 9.88 Å². The number of halogens is 1. The van der Waals surface area contributed by atoms with E-state index in [4.69, 9.17) is 0 Å². The molecule has 0 unspecified atom stereocenters.